The Morgan fingerprint density at radius 2 is 1.70 bits per heavy atom. The van der Waals surface area contributed by atoms with Crippen LogP contribution < -0.4 is 5.32 Å². The van der Waals surface area contributed by atoms with Crippen molar-refractivity contribution in [1.82, 2.24) is 20.0 Å². The number of likely N-dealkylation sites (tertiary alicyclic amines) is 1. The van der Waals surface area contributed by atoms with E-state index in [1.54, 1.807) is 4.68 Å². The minimum absolute atomic E-state index is 0.0197. The third-order valence-corrected chi connectivity index (χ3v) is 6.30. The zero-order chi connectivity index (χ0) is 23.2. The van der Waals surface area contributed by atoms with Crippen LogP contribution in [0.15, 0.2) is 60.8 Å². The van der Waals surface area contributed by atoms with Crippen molar-refractivity contribution in [2.75, 3.05) is 19.6 Å². The lowest BCUT2D eigenvalue weighted by Crippen LogP contribution is -2.43. The molecule has 6 nitrogen and oxygen atoms in total. The minimum atomic E-state index is -0.0286. The lowest BCUT2D eigenvalue weighted by atomic mass is 9.95. The number of benzene rings is 2. The van der Waals surface area contributed by atoms with Gasteiger partial charge in [0.05, 0.1) is 11.3 Å². The molecule has 2 amide bonds. The first-order valence-corrected chi connectivity index (χ1v) is 11.9. The molecule has 0 aliphatic carbocycles. The van der Waals surface area contributed by atoms with E-state index in [4.69, 9.17) is 5.10 Å². The van der Waals surface area contributed by atoms with Gasteiger partial charge in [0.1, 0.15) is 5.69 Å². The Bertz CT molecular complexity index is 1080. The van der Waals surface area contributed by atoms with E-state index < -0.39 is 0 Å². The number of nitrogens with zero attached hydrogens (tertiary/aromatic N) is 3. The number of nitrogens with one attached hydrogen (secondary N) is 1. The largest absolute Gasteiger partial charge is 0.356 e. The van der Waals surface area contributed by atoms with Crippen LogP contribution in [0, 0.1) is 5.92 Å². The van der Waals surface area contributed by atoms with E-state index in [1.165, 1.54) is 5.56 Å². The molecule has 33 heavy (non-hydrogen) atoms. The number of carbonyl (C=O) groups excluding carboxylic acids is 2. The molecular formula is C27H32N4O2. The van der Waals surface area contributed by atoms with Gasteiger partial charge in [-0.1, -0.05) is 56.3 Å². The molecule has 0 unspecified atom stereocenters. The zero-order valence-electron chi connectivity index (χ0n) is 19.5. The Balaban J connectivity index is 1.58. The van der Waals surface area contributed by atoms with Gasteiger partial charge < -0.3 is 10.2 Å². The highest BCUT2D eigenvalue weighted by Crippen LogP contribution is 2.27. The van der Waals surface area contributed by atoms with Crippen molar-refractivity contribution in [3.63, 3.8) is 0 Å². The van der Waals surface area contributed by atoms with Crippen LogP contribution >= 0.6 is 0 Å². The van der Waals surface area contributed by atoms with Gasteiger partial charge in [-0.2, -0.15) is 5.10 Å². The maximum Gasteiger partial charge on any atom is 0.257 e. The van der Waals surface area contributed by atoms with Crippen molar-refractivity contribution in [3.05, 3.63) is 71.9 Å². The molecule has 0 bridgehead atoms. The summed E-state index contributed by atoms with van der Waals surface area (Å²) in [6.45, 7) is 6.03. The second-order valence-corrected chi connectivity index (χ2v) is 8.58. The molecule has 1 aromatic heterocycles. The smallest absolute Gasteiger partial charge is 0.257 e. The zero-order valence-corrected chi connectivity index (χ0v) is 19.5. The number of carbonyl (C=O) groups is 2. The Hall–Kier alpha value is -3.41. The fourth-order valence-electron chi connectivity index (χ4n) is 4.26. The number of para-hydroxylation sites is 1. The minimum Gasteiger partial charge on any atom is -0.356 e. The molecule has 0 atom stereocenters. The maximum absolute atomic E-state index is 13.6. The molecule has 2 heterocycles. The van der Waals surface area contributed by atoms with Crippen LogP contribution in [0.4, 0.5) is 0 Å². The van der Waals surface area contributed by atoms with Crippen LogP contribution in [0.25, 0.3) is 16.9 Å². The van der Waals surface area contributed by atoms with Crippen LogP contribution in [-0.2, 0) is 11.2 Å². The Morgan fingerprint density at radius 3 is 2.33 bits per heavy atom. The van der Waals surface area contributed by atoms with Gasteiger partial charge in [-0.25, -0.2) is 4.68 Å². The maximum atomic E-state index is 13.6. The second-order valence-electron chi connectivity index (χ2n) is 8.58. The molecule has 0 spiro atoms. The molecule has 3 aromatic rings. The van der Waals surface area contributed by atoms with Gasteiger partial charge in [-0.15, -0.1) is 0 Å². The molecule has 1 saturated heterocycles. The van der Waals surface area contributed by atoms with Crippen LogP contribution in [0.2, 0.25) is 0 Å². The Kier molecular flexibility index (Phi) is 7.23. The number of hydrogen-bond acceptors (Lipinski definition) is 3. The molecule has 1 fully saturated rings. The van der Waals surface area contributed by atoms with E-state index in [0.29, 0.717) is 43.7 Å². The molecule has 1 N–H and O–H groups in total. The predicted molar refractivity (Wildman–Crippen MR) is 130 cm³/mol. The Morgan fingerprint density at radius 1 is 1.00 bits per heavy atom. The number of rotatable bonds is 7. The standard InChI is InChI=1S/C27H32N4O2/c1-3-16-28-26(32)22-14-17-30(18-15-22)27(33)24-19-31(23-8-6-5-7-9-23)29-25(24)21-12-10-20(4-2)11-13-21/h5-13,19,22H,3-4,14-18H2,1-2H3,(H,28,32). The van der Waals surface area contributed by atoms with Crippen molar-refractivity contribution < 1.29 is 9.59 Å². The summed E-state index contributed by atoms with van der Waals surface area (Å²) in [5.74, 6) is 0.0606. The highest BCUT2D eigenvalue weighted by atomic mass is 16.2. The number of aryl methyl sites for hydroxylation is 1. The third-order valence-electron chi connectivity index (χ3n) is 6.30. The summed E-state index contributed by atoms with van der Waals surface area (Å²) >= 11 is 0. The van der Waals surface area contributed by atoms with Gasteiger partial charge in [0.25, 0.3) is 5.91 Å². The fraction of sp³-hybridized carbons (Fsp3) is 0.370. The molecule has 0 radical (unpaired) electrons. The van der Waals surface area contributed by atoms with E-state index in [1.807, 2.05) is 60.5 Å². The summed E-state index contributed by atoms with van der Waals surface area (Å²) in [5.41, 5.74) is 4.37. The van der Waals surface area contributed by atoms with Crippen LogP contribution in [-0.4, -0.2) is 46.1 Å². The van der Waals surface area contributed by atoms with Gasteiger partial charge in [0.15, 0.2) is 0 Å². The summed E-state index contributed by atoms with van der Waals surface area (Å²) in [6.07, 6.45) is 5.10. The molecule has 0 saturated carbocycles. The summed E-state index contributed by atoms with van der Waals surface area (Å²) in [7, 11) is 0. The number of amides is 2. The molecule has 1 aliphatic heterocycles. The van der Waals surface area contributed by atoms with Crippen LogP contribution in [0.1, 0.15) is 49.0 Å². The summed E-state index contributed by atoms with van der Waals surface area (Å²) in [5, 5.41) is 7.79. The third kappa shape index (κ3) is 5.16. The Labute approximate surface area is 195 Å². The van der Waals surface area contributed by atoms with Gasteiger partial charge >= 0.3 is 0 Å². The second kappa shape index (κ2) is 10.5. The average molecular weight is 445 g/mol. The first-order valence-electron chi connectivity index (χ1n) is 11.9. The van der Waals surface area contributed by atoms with Crippen molar-refractivity contribution in [1.29, 1.82) is 0 Å². The SMILES string of the molecule is CCCNC(=O)C1CCN(C(=O)c2cn(-c3ccccc3)nc2-c2ccc(CC)cc2)CC1. The lowest BCUT2D eigenvalue weighted by Gasteiger charge is -2.31. The summed E-state index contributed by atoms with van der Waals surface area (Å²) < 4.78 is 1.78. The lowest BCUT2D eigenvalue weighted by molar-refractivity contribution is -0.126. The number of piperidine rings is 1. The summed E-state index contributed by atoms with van der Waals surface area (Å²) in [6, 6.07) is 18.1. The monoisotopic (exact) mass is 444 g/mol. The molecule has 172 valence electrons. The molecule has 4 rings (SSSR count). The van der Waals surface area contributed by atoms with Gasteiger partial charge in [0.2, 0.25) is 5.91 Å². The van der Waals surface area contributed by atoms with E-state index >= 15 is 0 Å². The van der Waals surface area contributed by atoms with Crippen molar-refractivity contribution in [2.45, 2.75) is 39.5 Å². The van der Waals surface area contributed by atoms with Gasteiger partial charge in [-0.05, 0) is 43.4 Å². The predicted octanol–water partition coefficient (Wildman–Crippen LogP) is 4.48. The average Bonchev–Trinajstić information content (AvgIpc) is 3.33. The van der Waals surface area contributed by atoms with Crippen molar-refractivity contribution in [2.24, 2.45) is 5.92 Å². The van der Waals surface area contributed by atoms with Crippen LogP contribution in [0.5, 0.6) is 0 Å². The van der Waals surface area contributed by atoms with E-state index in [-0.39, 0.29) is 17.7 Å². The molecule has 6 heteroatoms. The van der Waals surface area contributed by atoms with E-state index in [9.17, 15) is 9.59 Å². The fourth-order valence-corrected chi connectivity index (χ4v) is 4.26. The van der Waals surface area contributed by atoms with Gasteiger partial charge in [0, 0.05) is 37.3 Å². The molecular weight excluding hydrogens is 412 g/mol. The number of aromatic nitrogens is 2. The highest BCUT2D eigenvalue weighted by Gasteiger charge is 2.30. The first-order chi connectivity index (χ1) is 16.1. The van der Waals surface area contributed by atoms with Crippen molar-refractivity contribution in [3.8, 4) is 16.9 Å². The highest BCUT2D eigenvalue weighted by molar-refractivity contribution is 6.00. The topological polar surface area (TPSA) is 67.2 Å². The van der Waals surface area contributed by atoms with E-state index in [0.717, 1.165) is 24.1 Å². The summed E-state index contributed by atoms with van der Waals surface area (Å²) in [4.78, 5) is 27.8. The molecule has 2 aromatic carbocycles. The van der Waals surface area contributed by atoms with Crippen molar-refractivity contribution >= 4 is 11.8 Å². The quantitative estimate of drug-likeness (QED) is 0.584. The van der Waals surface area contributed by atoms with Crippen LogP contribution in [0.3, 0.4) is 0 Å². The molecule has 1 aliphatic rings. The number of hydrogen-bond donors (Lipinski definition) is 1. The van der Waals surface area contributed by atoms with E-state index in [2.05, 4.69) is 24.4 Å². The normalized spacial score (nSPS) is 14.3. The van der Waals surface area contributed by atoms with Gasteiger partial charge in [-0.3, -0.25) is 9.59 Å². The first kappa shape index (κ1) is 22.8.